The highest BCUT2D eigenvalue weighted by Gasteiger charge is 2.41. The van der Waals surface area contributed by atoms with Crippen LogP contribution in [0, 0.1) is 18.8 Å². The second-order valence-corrected chi connectivity index (χ2v) is 8.21. The molecule has 0 N–H and O–H groups in total. The van der Waals surface area contributed by atoms with Gasteiger partial charge in [-0.3, -0.25) is 4.90 Å². The van der Waals surface area contributed by atoms with Gasteiger partial charge < -0.3 is 14.2 Å². The molecule has 150 valence electrons. The topological polar surface area (TPSA) is 30.9 Å². The van der Waals surface area contributed by atoms with Gasteiger partial charge in [-0.15, -0.1) is 0 Å². The van der Waals surface area contributed by atoms with Crippen LogP contribution in [-0.4, -0.2) is 38.0 Å². The van der Waals surface area contributed by atoms with Crippen LogP contribution in [0.1, 0.15) is 30.4 Å². The average Bonchev–Trinajstić information content (AvgIpc) is 2.69. The lowest BCUT2D eigenvalue weighted by Gasteiger charge is -2.47. The fourth-order valence-corrected chi connectivity index (χ4v) is 4.74. The van der Waals surface area contributed by atoms with Crippen molar-refractivity contribution < 1.29 is 14.2 Å². The lowest BCUT2D eigenvalue weighted by molar-refractivity contribution is -0.0392. The summed E-state index contributed by atoms with van der Waals surface area (Å²) in [5.41, 5.74) is 2.56. The molecule has 0 unspecified atom stereocenters. The number of benzene rings is 2. The highest BCUT2D eigenvalue weighted by Crippen LogP contribution is 2.40. The molecule has 3 atom stereocenters. The van der Waals surface area contributed by atoms with Crippen molar-refractivity contribution in [3.05, 3.63) is 59.7 Å². The van der Waals surface area contributed by atoms with Crippen LogP contribution in [0.3, 0.4) is 0 Å². The van der Waals surface area contributed by atoms with Gasteiger partial charge >= 0.3 is 0 Å². The molecule has 1 aliphatic heterocycles. The summed E-state index contributed by atoms with van der Waals surface area (Å²) in [6.45, 7) is 5.56. The minimum atomic E-state index is 0.238. The Morgan fingerprint density at radius 2 is 1.71 bits per heavy atom. The summed E-state index contributed by atoms with van der Waals surface area (Å²) in [5.74, 6) is 2.79. The van der Waals surface area contributed by atoms with Gasteiger partial charge in [0.25, 0.3) is 0 Å². The fourth-order valence-electron chi connectivity index (χ4n) is 4.74. The first-order valence-corrected chi connectivity index (χ1v) is 10.4. The maximum Gasteiger partial charge on any atom is 0.188 e. The standard InChI is InChI=1S/C24H31NO3/c1-18-11-12-22(23(13-18)27-17-26-2)28-24-20-9-6-10-21(24)16-25(15-20)14-19-7-4-3-5-8-19/h3-5,7-8,11-13,20-21,24H,6,9-10,14-17H2,1-2H3/t20-,21+,24-. The molecule has 1 saturated heterocycles. The minimum absolute atomic E-state index is 0.238. The van der Waals surface area contributed by atoms with Crippen molar-refractivity contribution >= 4 is 0 Å². The molecule has 4 heteroatoms. The zero-order valence-electron chi connectivity index (χ0n) is 17.0. The Hall–Kier alpha value is -2.04. The van der Waals surface area contributed by atoms with Gasteiger partial charge in [-0.25, -0.2) is 0 Å². The number of rotatable bonds is 7. The number of hydrogen-bond donors (Lipinski definition) is 0. The quantitative estimate of drug-likeness (QED) is 0.653. The summed E-state index contributed by atoms with van der Waals surface area (Å²) in [6.07, 6.45) is 4.07. The van der Waals surface area contributed by atoms with E-state index in [4.69, 9.17) is 14.2 Å². The highest BCUT2D eigenvalue weighted by atomic mass is 16.7. The van der Waals surface area contributed by atoms with E-state index >= 15 is 0 Å². The lowest BCUT2D eigenvalue weighted by atomic mass is 9.75. The third-order valence-electron chi connectivity index (χ3n) is 6.01. The van der Waals surface area contributed by atoms with E-state index in [0.29, 0.717) is 11.8 Å². The lowest BCUT2D eigenvalue weighted by Crippen LogP contribution is -2.53. The molecule has 1 saturated carbocycles. The first-order valence-electron chi connectivity index (χ1n) is 10.4. The van der Waals surface area contributed by atoms with E-state index in [1.54, 1.807) is 7.11 Å². The van der Waals surface area contributed by atoms with Crippen molar-refractivity contribution in [1.29, 1.82) is 0 Å². The molecule has 1 heterocycles. The molecule has 0 spiro atoms. The zero-order chi connectivity index (χ0) is 19.3. The van der Waals surface area contributed by atoms with Crippen LogP contribution in [0.5, 0.6) is 11.5 Å². The van der Waals surface area contributed by atoms with Crippen LogP contribution < -0.4 is 9.47 Å². The van der Waals surface area contributed by atoms with Crippen molar-refractivity contribution in [2.75, 3.05) is 27.0 Å². The Morgan fingerprint density at radius 3 is 2.43 bits per heavy atom. The molecule has 2 bridgehead atoms. The third-order valence-corrected chi connectivity index (χ3v) is 6.01. The maximum atomic E-state index is 6.60. The largest absolute Gasteiger partial charge is 0.486 e. The maximum absolute atomic E-state index is 6.60. The summed E-state index contributed by atoms with van der Waals surface area (Å²) in [4.78, 5) is 2.61. The summed E-state index contributed by atoms with van der Waals surface area (Å²) in [7, 11) is 1.64. The highest BCUT2D eigenvalue weighted by molar-refractivity contribution is 5.42. The van der Waals surface area contributed by atoms with E-state index in [1.165, 1.54) is 24.8 Å². The van der Waals surface area contributed by atoms with Crippen LogP contribution in [0.2, 0.25) is 0 Å². The van der Waals surface area contributed by atoms with Crippen LogP contribution >= 0.6 is 0 Å². The summed E-state index contributed by atoms with van der Waals surface area (Å²) in [5, 5.41) is 0. The van der Waals surface area contributed by atoms with E-state index in [0.717, 1.165) is 36.7 Å². The van der Waals surface area contributed by atoms with Gasteiger partial charge in [0.1, 0.15) is 6.10 Å². The molecule has 28 heavy (non-hydrogen) atoms. The van der Waals surface area contributed by atoms with E-state index in [9.17, 15) is 0 Å². The van der Waals surface area contributed by atoms with E-state index in [-0.39, 0.29) is 12.9 Å². The van der Waals surface area contributed by atoms with Crippen molar-refractivity contribution in [3.8, 4) is 11.5 Å². The van der Waals surface area contributed by atoms with Crippen LogP contribution in [-0.2, 0) is 11.3 Å². The van der Waals surface area contributed by atoms with Crippen molar-refractivity contribution in [2.24, 2.45) is 11.8 Å². The number of ether oxygens (including phenoxy) is 3. The number of nitrogens with zero attached hydrogens (tertiary/aromatic N) is 1. The second kappa shape index (κ2) is 8.97. The van der Waals surface area contributed by atoms with Gasteiger partial charge in [-0.1, -0.05) is 42.8 Å². The van der Waals surface area contributed by atoms with Gasteiger partial charge in [-0.2, -0.15) is 0 Å². The Kier molecular flexibility index (Phi) is 6.18. The first kappa shape index (κ1) is 19.3. The summed E-state index contributed by atoms with van der Waals surface area (Å²) >= 11 is 0. The monoisotopic (exact) mass is 381 g/mol. The third kappa shape index (κ3) is 4.50. The number of methoxy groups -OCH3 is 1. The predicted molar refractivity (Wildman–Crippen MR) is 111 cm³/mol. The number of hydrogen-bond acceptors (Lipinski definition) is 4. The molecule has 0 radical (unpaired) electrons. The fraction of sp³-hybridized carbons (Fsp3) is 0.500. The molecule has 4 rings (SSSR count). The number of piperidine rings is 1. The number of aryl methyl sites for hydroxylation is 1. The Morgan fingerprint density at radius 1 is 0.964 bits per heavy atom. The van der Waals surface area contributed by atoms with Crippen LogP contribution in [0.25, 0.3) is 0 Å². The zero-order valence-corrected chi connectivity index (χ0v) is 17.0. The molecule has 2 fully saturated rings. The van der Waals surface area contributed by atoms with Gasteiger partial charge in [0.2, 0.25) is 0 Å². The smallest absolute Gasteiger partial charge is 0.188 e. The Balaban J connectivity index is 1.46. The Labute approximate surface area is 168 Å². The van der Waals surface area contributed by atoms with Gasteiger partial charge in [0.05, 0.1) is 0 Å². The number of fused-ring (bicyclic) bond motifs is 2. The van der Waals surface area contributed by atoms with E-state index in [1.807, 2.05) is 12.1 Å². The molecule has 4 nitrogen and oxygen atoms in total. The first-order chi connectivity index (χ1) is 13.7. The molecular formula is C24H31NO3. The van der Waals surface area contributed by atoms with Crippen LogP contribution in [0.4, 0.5) is 0 Å². The van der Waals surface area contributed by atoms with Crippen molar-refractivity contribution in [1.82, 2.24) is 4.90 Å². The molecule has 0 aromatic heterocycles. The Bertz CT molecular complexity index is 750. The molecular weight excluding hydrogens is 350 g/mol. The summed E-state index contributed by atoms with van der Waals surface area (Å²) < 4.78 is 17.5. The van der Waals surface area contributed by atoms with Crippen LogP contribution in [0.15, 0.2) is 48.5 Å². The van der Waals surface area contributed by atoms with Gasteiger partial charge in [0.15, 0.2) is 18.3 Å². The van der Waals surface area contributed by atoms with E-state index < -0.39 is 0 Å². The van der Waals surface area contributed by atoms with Gasteiger partial charge in [0, 0.05) is 38.6 Å². The van der Waals surface area contributed by atoms with E-state index in [2.05, 4.69) is 48.2 Å². The average molecular weight is 382 g/mol. The second-order valence-electron chi connectivity index (χ2n) is 8.21. The molecule has 2 aromatic carbocycles. The minimum Gasteiger partial charge on any atom is -0.486 e. The molecule has 1 aliphatic carbocycles. The SMILES string of the molecule is COCOc1cc(C)ccc1O[C@@H]1[C@@H]2CCC[C@H]1CN(Cc1ccccc1)C2. The molecule has 2 aliphatic rings. The van der Waals surface area contributed by atoms with Crippen molar-refractivity contribution in [3.63, 3.8) is 0 Å². The van der Waals surface area contributed by atoms with Gasteiger partial charge in [-0.05, 0) is 43.0 Å². The molecule has 0 amide bonds. The molecule has 2 aromatic rings. The van der Waals surface area contributed by atoms with Crippen molar-refractivity contribution in [2.45, 2.75) is 38.8 Å². The predicted octanol–water partition coefficient (Wildman–Crippen LogP) is 4.66. The normalized spacial score (nSPS) is 24.7. The number of likely N-dealkylation sites (tertiary alicyclic amines) is 1. The summed E-state index contributed by atoms with van der Waals surface area (Å²) in [6, 6.07) is 17.0.